The lowest BCUT2D eigenvalue weighted by atomic mass is 9.96. The standard InChI is InChI=1S/C25H30N2O3/c1-2-3-4-8-24(21-7-5-6-13-27-21)29-19-9-10-23-20(16-19)22(28)17-25(30-23)18-11-14-26-15-12-18/h9-12,14-17,21,24,27H,2-8,13H2,1H3. The number of hydrogen-bond acceptors (Lipinski definition) is 5. The molecule has 1 aliphatic rings. The zero-order chi connectivity index (χ0) is 20.8. The monoisotopic (exact) mass is 406 g/mol. The molecule has 3 heterocycles. The lowest BCUT2D eigenvalue weighted by molar-refractivity contribution is 0.125. The van der Waals surface area contributed by atoms with Crippen LogP contribution in [-0.2, 0) is 0 Å². The number of nitrogens with one attached hydrogen (secondary N) is 1. The molecular weight excluding hydrogens is 376 g/mol. The summed E-state index contributed by atoms with van der Waals surface area (Å²) in [4.78, 5) is 16.8. The minimum Gasteiger partial charge on any atom is -0.489 e. The minimum atomic E-state index is -0.0631. The molecule has 0 spiro atoms. The molecule has 30 heavy (non-hydrogen) atoms. The summed E-state index contributed by atoms with van der Waals surface area (Å²) < 4.78 is 12.4. The molecule has 3 aromatic rings. The molecule has 0 radical (unpaired) electrons. The van der Waals surface area contributed by atoms with Gasteiger partial charge < -0.3 is 14.5 Å². The molecular formula is C25H30N2O3. The van der Waals surface area contributed by atoms with Crippen LogP contribution in [0.15, 0.2) is 58.0 Å². The average Bonchev–Trinajstić information content (AvgIpc) is 2.80. The maximum absolute atomic E-state index is 12.8. The number of fused-ring (bicyclic) bond motifs is 1. The van der Waals surface area contributed by atoms with Gasteiger partial charge in [-0.25, -0.2) is 0 Å². The lowest BCUT2D eigenvalue weighted by Crippen LogP contribution is -2.45. The van der Waals surface area contributed by atoms with E-state index in [1.54, 1.807) is 18.5 Å². The Morgan fingerprint density at radius 1 is 1.17 bits per heavy atom. The maximum Gasteiger partial charge on any atom is 0.193 e. The van der Waals surface area contributed by atoms with Crippen molar-refractivity contribution in [2.45, 2.75) is 64.0 Å². The summed E-state index contributed by atoms with van der Waals surface area (Å²) in [7, 11) is 0. The summed E-state index contributed by atoms with van der Waals surface area (Å²) >= 11 is 0. The molecule has 0 aliphatic carbocycles. The van der Waals surface area contributed by atoms with E-state index in [1.165, 1.54) is 25.7 Å². The van der Waals surface area contributed by atoms with Crippen molar-refractivity contribution >= 4 is 11.0 Å². The molecule has 158 valence electrons. The zero-order valence-electron chi connectivity index (χ0n) is 17.6. The Morgan fingerprint density at radius 2 is 2.03 bits per heavy atom. The minimum absolute atomic E-state index is 0.0631. The van der Waals surface area contributed by atoms with E-state index < -0.39 is 0 Å². The van der Waals surface area contributed by atoms with E-state index >= 15 is 0 Å². The van der Waals surface area contributed by atoms with Gasteiger partial charge in [0.2, 0.25) is 0 Å². The molecule has 5 heteroatoms. The van der Waals surface area contributed by atoms with E-state index in [2.05, 4.69) is 17.2 Å². The summed E-state index contributed by atoms with van der Waals surface area (Å²) in [6, 6.07) is 11.2. The first kappa shape index (κ1) is 20.6. The van der Waals surface area contributed by atoms with Crippen LogP contribution < -0.4 is 15.5 Å². The predicted molar refractivity (Wildman–Crippen MR) is 120 cm³/mol. The van der Waals surface area contributed by atoms with Crippen LogP contribution in [0.3, 0.4) is 0 Å². The number of ether oxygens (including phenoxy) is 1. The molecule has 2 unspecified atom stereocenters. The summed E-state index contributed by atoms with van der Waals surface area (Å²) in [5.41, 5.74) is 1.34. The zero-order valence-corrected chi connectivity index (χ0v) is 17.6. The molecule has 1 aliphatic heterocycles. The van der Waals surface area contributed by atoms with Crippen molar-refractivity contribution in [1.82, 2.24) is 10.3 Å². The van der Waals surface area contributed by atoms with Gasteiger partial charge in [0.1, 0.15) is 23.2 Å². The van der Waals surface area contributed by atoms with Crippen LogP contribution in [0, 0.1) is 0 Å². The Morgan fingerprint density at radius 3 is 2.80 bits per heavy atom. The van der Waals surface area contributed by atoms with E-state index in [0.717, 1.165) is 37.1 Å². The molecule has 2 aromatic heterocycles. The molecule has 0 saturated carbocycles. The van der Waals surface area contributed by atoms with Crippen LogP contribution in [-0.4, -0.2) is 23.7 Å². The highest BCUT2D eigenvalue weighted by atomic mass is 16.5. The molecule has 1 N–H and O–H groups in total. The number of hydrogen-bond donors (Lipinski definition) is 1. The first-order chi connectivity index (χ1) is 14.7. The molecule has 2 atom stereocenters. The van der Waals surface area contributed by atoms with E-state index in [1.807, 2.05) is 30.3 Å². The van der Waals surface area contributed by atoms with Crippen LogP contribution in [0.2, 0.25) is 0 Å². The fourth-order valence-electron chi connectivity index (χ4n) is 4.18. The number of pyridine rings is 1. The maximum atomic E-state index is 12.8. The fourth-order valence-corrected chi connectivity index (χ4v) is 4.18. The topological polar surface area (TPSA) is 64.4 Å². The van der Waals surface area contributed by atoms with E-state index in [4.69, 9.17) is 9.15 Å². The van der Waals surface area contributed by atoms with Crippen molar-refractivity contribution in [2.24, 2.45) is 0 Å². The van der Waals surface area contributed by atoms with Gasteiger partial charge in [-0.15, -0.1) is 0 Å². The predicted octanol–water partition coefficient (Wildman–Crippen LogP) is 5.32. The number of nitrogens with zero attached hydrogens (tertiary/aromatic N) is 1. The van der Waals surface area contributed by atoms with Crippen molar-refractivity contribution < 1.29 is 9.15 Å². The van der Waals surface area contributed by atoms with Gasteiger partial charge in [0, 0.05) is 30.1 Å². The highest BCUT2D eigenvalue weighted by Gasteiger charge is 2.25. The molecule has 1 fully saturated rings. The number of rotatable bonds is 8. The molecule has 1 saturated heterocycles. The smallest absolute Gasteiger partial charge is 0.193 e. The largest absolute Gasteiger partial charge is 0.489 e. The van der Waals surface area contributed by atoms with Gasteiger partial charge in [0.15, 0.2) is 5.43 Å². The Labute approximate surface area is 177 Å². The normalized spacial score (nSPS) is 17.7. The molecule has 4 rings (SSSR count). The van der Waals surface area contributed by atoms with Gasteiger partial charge in [-0.1, -0.05) is 26.2 Å². The summed E-state index contributed by atoms with van der Waals surface area (Å²) in [6.45, 7) is 3.27. The summed E-state index contributed by atoms with van der Waals surface area (Å²) in [5.74, 6) is 1.28. The van der Waals surface area contributed by atoms with Gasteiger partial charge in [0.05, 0.1) is 5.39 Å². The molecule has 0 bridgehead atoms. The fraction of sp³-hybridized carbons (Fsp3) is 0.440. The second-order valence-electron chi connectivity index (χ2n) is 8.08. The van der Waals surface area contributed by atoms with Gasteiger partial charge in [-0.05, 0) is 62.6 Å². The number of piperidine rings is 1. The summed E-state index contributed by atoms with van der Waals surface area (Å²) in [5, 5.41) is 4.18. The van der Waals surface area contributed by atoms with Crippen molar-refractivity contribution in [3.63, 3.8) is 0 Å². The molecule has 0 amide bonds. The molecule has 5 nitrogen and oxygen atoms in total. The number of unbranched alkanes of at least 4 members (excludes halogenated alkanes) is 2. The third-order valence-electron chi connectivity index (χ3n) is 5.84. The van der Waals surface area contributed by atoms with Gasteiger partial charge in [0.25, 0.3) is 0 Å². The van der Waals surface area contributed by atoms with E-state index in [9.17, 15) is 4.79 Å². The quantitative estimate of drug-likeness (QED) is 0.513. The second kappa shape index (κ2) is 9.90. The summed E-state index contributed by atoms with van der Waals surface area (Å²) in [6.07, 6.45) is 11.7. The van der Waals surface area contributed by atoms with Crippen molar-refractivity contribution in [1.29, 1.82) is 0 Å². The average molecular weight is 407 g/mol. The Balaban J connectivity index is 1.58. The van der Waals surface area contributed by atoms with Crippen LogP contribution in [0.25, 0.3) is 22.3 Å². The first-order valence-electron chi connectivity index (χ1n) is 11.1. The van der Waals surface area contributed by atoms with Crippen LogP contribution in [0.4, 0.5) is 0 Å². The Hall–Kier alpha value is -2.66. The van der Waals surface area contributed by atoms with Crippen molar-refractivity contribution in [2.75, 3.05) is 6.54 Å². The van der Waals surface area contributed by atoms with Gasteiger partial charge in [-0.3, -0.25) is 9.78 Å². The van der Waals surface area contributed by atoms with Crippen LogP contribution in [0.1, 0.15) is 51.9 Å². The number of aromatic nitrogens is 1. The third-order valence-corrected chi connectivity index (χ3v) is 5.84. The van der Waals surface area contributed by atoms with Gasteiger partial charge >= 0.3 is 0 Å². The first-order valence-corrected chi connectivity index (χ1v) is 11.1. The second-order valence-corrected chi connectivity index (χ2v) is 8.08. The van der Waals surface area contributed by atoms with Crippen LogP contribution >= 0.6 is 0 Å². The highest BCUT2D eigenvalue weighted by Crippen LogP contribution is 2.27. The third kappa shape index (κ3) is 4.90. The van der Waals surface area contributed by atoms with Crippen LogP contribution in [0.5, 0.6) is 5.75 Å². The Bertz CT molecular complexity index is 1010. The molecule has 1 aromatic carbocycles. The van der Waals surface area contributed by atoms with E-state index in [-0.39, 0.29) is 11.5 Å². The highest BCUT2D eigenvalue weighted by molar-refractivity contribution is 5.80. The Kier molecular flexibility index (Phi) is 6.80. The lowest BCUT2D eigenvalue weighted by Gasteiger charge is -2.32. The number of benzene rings is 1. The van der Waals surface area contributed by atoms with E-state index in [0.29, 0.717) is 22.8 Å². The van der Waals surface area contributed by atoms with Crippen molar-refractivity contribution in [3.8, 4) is 17.1 Å². The SMILES string of the molecule is CCCCCC(Oc1ccc2oc(-c3ccncc3)cc(=O)c2c1)C1CCCCN1. The van der Waals surface area contributed by atoms with Gasteiger partial charge in [-0.2, -0.15) is 0 Å². The van der Waals surface area contributed by atoms with Crippen molar-refractivity contribution in [3.05, 3.63) is 59.0 Å².